The molecule has 0 atom stereocenters. The highest BCUT2D eigenvalue weighted by molar-refractivity contribution is 6.09. The number of hydrogen-bond donors (Lipinski definition) is 2. The highest BCUT2D eigenvalue weighted by Crippen LogP contribution is 2.45. The second-order valence-electron chi connectivity index (χ2n) is 8.08. The molecule has 3 aromatic rings. The lowest BCUT2D eigenvalue weighted by atomic mass is 9.93. The van der Waals surface area contributed by atoms with Crippen molar-refractivity contribution in [2.24, 2.45) is 10.2 Å². The molecule has 1 aliphatic heterocycles. The number of non-ortho nitro benzene ring substituents is 1. The van der Waals surface area contributed by atoms with Crippen LogP contribution in [0.3, 0.4) is 0 Å². The van der Waals surface area contributed by atoms with Gasteiger partial charge in [-0.25, -0.2) is 0 Å². The first-order valence-corrected chi connectivity index (χ1v) is 10.4. The molecule has 152 valence electrons. The van der Waals surface area contributed by atoms with Crippen molar-refractivity contribution in [2.45, 2.75) is 44.2 Å². The van der Waals surface area contributed by atoms with Crippen molar-refractivity contribution >= 4 is 39.2 Å². The fraction of sp³-hybridized carbons (Fsp3) is 0.304. The Morgan fingerprint density at radius 2 is 1.53 bits per heavy atom. The first kappa shape index (κ1) is 18.5. The predicted molar refractivity (Wildman–Crippen MR) is 119 cm³/mol. The van der Waals surface area contributed by atoms with Crippen molar-refractivity contribution < 1.29 is 4.92 Å². The Balaban J connectivity index is 1.49. The average Bonchev–Trinajstić information content (AvgIpc) is 2.98. The second kappa shape index (κ2) is 7.40. The van der Waals surface area contributed by atoms with E-state index >= 15 is 0 Å². The van der Waals surface area contributed by atoms with Gasteiger partial charge < -0.3 is 10.6 Å². The number of hydrogen-bond acceptors (Lipinski definition) is 6. The number of rotatable bonds is 3. The minimum absolute atomic E-state index is 0.0418. The molecule has 0 unspecified atom stereocenters. The van der Waals surface area contributed by atoms with Crippen LogP contribution in [0.25, 0.3) is 10.8 Å². The Hall–Kier alpha value is -3.48. The summed E-state index contributed by atoms with van der Waals surface area (Å²) >= 11 is 0. The summed E-state index contributed by atoms with van der Waals surface area (Å²) in [6, 6.07) is 16.4. The van der Waals surface area contributed by atoms with Gasteiger partial charge in [-0.2, -0.15) is 5.11 Å². The van der Waals surface area contributed by atoms with E-state index in [9.17, 15) is 10.1 Å². The molecular formula is C23H23N5O2. The Labute approximate surface area is 174 Å². The van der Waals surface area contributed by atoms with Gasteiger partial charge in [-0.15, -0.1) is 5.11 Å². The number of nitrogens with one attached hydrogen (secondary N) is 2. The Kier molecular flexibility index (Phi) is 4.58. The number of benzene rings is 3. The van der Waals surface area contributed by atoms with Crippen LogP contribution in [0.5, 0.6) is 0 Å². The molecule has 1 spiro atoms. The Bertz CT molecular complexity index is 1120. The van der Waals surface area contributed by atoms with Crippen molar-refractivity contribution in [3.63, 3.8) is 0 Å². The van der Waals surface area contributed by atoms with Gasteiger partial charge in [-0.05, 0) is 56.0 Å². The fourth-order valence-corrected chi connectivity index (χ4v) is 4.57. The van der Waals surface area contributed by atoms with E-state index in [4.69, 9.17) is 0 Å². The van der Waals surface area contributed by atoms with Crippen molar-refractivity contribution in [3.8, 4) is 0 Å². The van der Waals surface area contributed by atoms with Crippen molar-refractivity contribution in [3.05, 3.63) is 64.7 Å². The molecule has 0 saturated heterocycles. The summed E-state index contributed by atoms with van der Waals surface area (Å²) in [6.07, 6.45) is 7.28. The molecule has 0 amide bonds. The highest BCUT2D eigenvalue weighted by Gasteiger charge is 2.34. The maximum absolute atomic E-state index is 10.8. The molecular weight excluding hydrogens is 378 g/mol. The minimum Gasteiger partial charge on any atom is -0.362 e. The van der Waals surface area contributed by atoms with E-state index in [-0.39, 0.29) is 11.4 Å². The fourth-order valence-electron chi connectivity index (χ4n) is 4.57. The maximum Gasteiger partial charge on any atom is 0.269 e. The van der Waals surface area contributed by atoms with E-state index in [1.54, 1.807) is 12.1 Å². The summed E-state index contributed by atoms with van der Waals surface area (Å²) in [5.41, 5.74) is 3.59. The largest absolute Gasteiger partial charge is 0.362 e. The summed E-state index contributed by atoms with van der Waals surface area (Å²) in [6.45, 7) is 0. The van der Waals surface area contributed by atoms with Crippen molar-refractivity contribution in [1.29, 1.82) is 0 Å². The second-order valence-corrected chi connectivity index (χ2v) is 8.08. The summed E-state index contributed by atoms with van der Waals surface area (Å²) in [5.74, 6) is 0. The Morgan fingerprint density at radius 1 is 0.833 bits per heavy atom. The lowest BCUT2D eigenvalue weighted by Gasteiger charge is -2.41. The summed E-state index contributed by atoms with van der Waals surface area (Å²) < 4.78 is 0. The summed E-state index contributed by atoms with van der Waals surface area (Å²) in [5, 5.41) is 29.3. The smallest absolute Gasteiger partial charge is 0.269 e. The quantitative estimate of drug-likeness (QED) is 0.279. The van der Waals surface area contributed by atoms with E-state index in [0.717, 1.165) is 40.7 Å². The van der Waals surface area contributed by atoms with Crippen LogP contribution < -0.4 is 10.6 Å². The van der Waals surface area contributed by atoms with Crippen LogP contribution >= 0.6 is 0 Å². The molecule has 1 fully saturated rings. The predicted octanol–water partition coefficient (Wildman–Crippen LogP) is 7.05. The molecule has 0 aromatic heterocycles. The zero-order chi connectivity index (χ0) is 20.6. The molecule has 0 bridgehead atoms. The molecule has 2 aliphatic rings. The summed E-state index contributed by atoms with van der Waals surface area (Å²) in [7, 11) is 0. The zero-order valence-electron chi connectivity index (χ0n) is 16.6. The third-order valence-corrected chi connectivity index (χ3v) is 6.06. The molecule has 7 nitrogen and oxygen atoms in total. The van der Waals surface area contributed by atoms with E-state index in [0.29, 0.717) is 5.69 Å². The molecule has 2 N–H and O–H groups in total. The van der Waals surface area contributed by atoms with E-state index in [1.807, 2.05) is 6.07 Å². The molecule has 1 heterocycles. The van der Waals surface area contributed by atoms with Crippen LogP contribution in [-0.2, 0) is 0 Å². The number of anilines is 2. The zero-order valence-corrected chi connectivity index (χ0v) is 16.6. The van der Waals surface area contributed by atoms with Gasteiger partial charge in [0.1, 0.15) is 5.66 Å². The van der Waals surface area contributed by atoms with Crippen LogP contribution in [0.15, 0.2) is 64.8 Å². The van der Waals surface area contributed by atoms with E-state index < -0.39 is 4.92 Å². The number of nitro groups is 1. The van der Waals surface area contributed by atoms with Gasteiger partial charge in [0.25, 0.3) is 5.69 Å². The third-order valence-electron chi connectivity index (χ3n) is 6.06. The van der Waals surface area contributed by atoms with Gasteiger partial charge in [0, 0.05) is 34.3 Å². The molecule has 7 heteroatoms. The van der Waals surface area contributed by atoms with Gasteiger partial charge in [-0.3, -0.25) is 10.1 Å². The first-order valence-electron chi connectivity index (χ1n) is 10.4. The van der Waals surface area contributed by atoms with Crippen molar-refractivity contribution in [1.82, 2.24) is 0 Å². The number of nitrogens with zero attached hydrogens (tertiary/aromatic N) is 3. The lowest BCUT2D eigenvalue weighted by Crippen LogP contribution is -2.47. The Morgan fingerprint density at radius 3 is 2.23 bits per heavy atom. The maximum atomic E-state index is 10.8. The molecule has 30 heavy (non-hydrogen) atoms. The minimum atomic E-state index is -0.422. The summed E-state index contributed by atoms with van der Waals surface area (Å²) in [4.78, 5) is 10.4. The third kappa shape index (κ3) is 3.36. The van der Waals surface area contributed by atoms with E-state index in [2.05, 4.69) is 45.1 Å². The van der Waals surface area contributed by atoms with Crippen LogP contribution in [0.1, 0.15) is 38.5 Å². The van der Waals surface area contributed by atoms with Gasteiger partial charge in [0.05, 0.1) is 16.3 Å². The first-order chi connectivity index (χ1) is 14.6. The monoisotopic (exact) mass is 401 g/mol. The standard InChI is InChI=1S/C23H23N5O2/c29-28(30)17-10-8-16(9-11-17)26-27-19-12-13-21-22-18(19)6-5-7-20(22)24-23(25-21)14-3-1-2-4-15-23/h5-13,24-25H,1-4,14-15H2. The molecule has 0 radical (unpaired) electrons. The van der Waals surface area contributed by atoms with Gasteiger partial charge >= 0.3 is 0 Å². The molecule has 1 saturated carbocycles. The van der Waals surface area contributed by atoms with Gasteiger partial charge in [0.2, 0.25) is 0 Å². The molecule has 3 aromatic carbocycles. The van der Waals surface area contributed by atoms with Gasteiger partial charge in [0.15, 0.2) is 0 Å². The van der Waals surface area contributed by atoms with Crippen molar-refractivity contribution in [2.75, 3.05) is 10.6 Å². The molecule has 1 aliphatic carbocycles. The lowest BCUT2D eigenvalue weighted by molar-refractivity contribution is -0.384. The van der Waals surface area contributed by atoms with E-state index in [1.165, 1.54) is 37.8 Å². The van der Waals surface area contributed by atoms with Crippen LogP contribution in [0.2, 0.25) is 0 Å². The number of nitro benzene ring substituents is 1. The van der Waals surface area contributed by atoms with Gasteiger partial charge in [-0.1, -0.05) is 25.0 Å². The average molecular weight is 401 g/mol. The number of azo groups is 1. The normalized spacial score (nSPS) is 17.5. The van der Waals surface area contributed by atoms with Crippen LogP contribution in [-0.4, -0.2) is 10.6 Å². The highest BCUT2D eigenvalue weighted by atomic mass is 16.6. The SMILES string of the molecule is O=[N+]([O-])c1ccc(N=Nc2ccc3c4c(cccc24)NC2(CCCCCC2)N3)cc1. The van der Waals surface area contributed by atoms with Crippen LogP contribution in [0, 0.1) is 10.1 Å². The molecule has 5 rings (SSSR count). The topological polar surface area (TPSA) is 91.9 Å². The van der Waals surface area contributed by atoms with Crippen LogP contribution in [0.4, 0.5) is 28.4 Å².